The summed E-state index contributed by atoms with van der Waals surface area (Å²) in [6, 6.07) is 12.7. The average molecular weight is 401 g/mol. The number of aromatic amines is 1. The minimum atomic E-state index is 0. The first kappa shape index (κ1) is 20.6. The van der Waals surface area contributed by atoms with Gasteiger partial charge in [-0.05, 0) is 67.6 Å². The number of methoxy groups -OCH3 is 1. The van der Waals surface area contributed by atoms with Gasteiger partial charge >= 0.3 is 0 Å². The first-order chi connectivity index (χ1) is 13.3. The lowest BCUT2D eigenvalue weighted by atomic mass is 9.99. The van der Waals surface area contributed by atoms with Gasteiger partial charge in [0.05, 0.1) is 13.7 Å². The van der Waals surface area contributed by atoms with Gasteiger partial charge < -0.3 is 19.8 Å². The van der Waals surface area contributed by atoms with Crippen molar-refractivity contribution >= 4 is 23.3 Å². The minimum absolute atomic E-state index is 0. The standard InChI is InChI=1S/C23H28N2O2.ClH/c1-16-8-9-21(22(15-16)26-2)27-14-4-6-17-5-3-7-20-23(17)18-10-12-24-13-11-19(18)25-20;/h3,5,7-9,15,24-25H,4,6,10-14H2,1-2H3;1H. The van der Waals surface area contributed by atoms with Crippen molar-refractivity contribution in [2.75, 3.05) is 26.8 Å². The molecule has 0 spiro atoms. The fourth-order valence-electron chi connectivity index (χ4n) is 4.04. The summed E-state index contributed by atoms with van der Waals surface area (Å²) < 4.78 is 11.4. The lowest BCUT2D eigenvalue weighted by Gasteiger charge is -2.12. The highest BCUT2D eigenvalue weighted by atomic mass is 35.5. The Balaban J connectivity index is 0.00000225. The van der Waals surface area contributed by atoms with Gasteiger partial charge in [0.1, 0.15) is 0 Å². The summed E-state index contributed by atoms with van der Waals surface area (Å²) in [5.74, 6) is 1.63. The van der Waals surface area contributed by atoms with Crippen LogP contribution in [0.5, 0.6) is 11.5 Å². The second-order valence-electron chi connectivity index (χ2n) is 7.28. The number of aromatic nitrogens is 1. The lowest BCUT2D eigenvalue weighted by molar-refractivity contribution is 0.289. The highest BCUT2D eigenvalue weighted by Gasteiger charge is 2.16. The number of fused-ring (bicyclic) bond motifs is 3. The molecule has 0 amide bonds. The summed E-state index contributed by atoms with van der Waals surface area (Å²) >= 11 is 0. The molecule has 1 aliphatic heterocycles. The summed E-state index contributed by atoms with van der Waals surface area (Å²) in [6.07, 6.45) is 4.18. The zero-order chi connectivity index (χ0) is 18.6. The van der Waals surface area contributed by atoms with Crippen LogP contribution >= 0.6 is 12.4 Å². The number of aryl methyl sites for hydroxylation is 2. The molecule has 0 fully saturated rings. The molecule has 0 radical (unpaired) electrons. The number of H-pyrrole nitrogens is 1. The zero-order valence-electron chi connectivity index (χ0n) is 16.6. The topological polar surface area (TPSA) is 46.3 Å². The van der Waals surface area contributed by atoms with E-state index >= 15 is 0 Å². The molecule has 0 saturated heterocycles. The average Bonchev–Trinajstić information content (AvgIpc) is 2.88. The summed E-state index contributed by atoms with van der Waals surface area (Å²) in [5.41, 5.74) is 6.79. The smallest absolute Gasteiger partial charge is 0.161 e. The third-order valence-electron chi connectivity index (χ3n) is 5.37. The Morgan fingerprint density at radius 2 is 1.89 bits per heavy atom. The Morgan fingerprint density at radius 3 is 2.75 bits per heavy atom. The van der Waals surface area contributed by atoms with Crippen LogP contribution in [0.3, 0.4) is 0 Å². The van der Waals surface area contributed by atoms with Gasteiger partial charge in [-0.1, -0.05) is 18.2 Å². The van der Waals surface area contributed by atoms with Gasteiger partial charge in [0, 0.05) is 29.6 Å². The van der Waals surface area contributed by atoms with Gasteiger partial charge in [-0.25, -0.2) is 0 Å². The molecule has 2 heterocycles. The second-order valence-corrected chi connectivity index (χ2v) is 7.28. The predicted octanol–water partition coefficient (Wildman–Crippen LogP) is 4.61. The molecule has 0 bridgehead atoms. The van der Waals surface area contributed by atoms with Crippen LogP contribution in [0.4, 0.5) is 0 Å². The first-order valence-electron chi connectivity index (χ1n) is 9.85. The fraction of sp³-hybridized carbons (Fsp3) is 0.391. The van der Waals surface area contributed by atoms with E-state index in [1.807, 2.05) is 12.1 Å². The van der Waals surface area contributed by atoms with Crippen LogP contribution in [0, 0.1) is 6.92 Å². The summed E-state index contributed by atoms with van der Waals surface area (Å²) in [6.45, 7) is 4.86. The Kier molecular flexibility index (Phi) is 6.87. The minimum Gasteiger partial charge on any atom is -0.493 e. The van der Waals surface area contributed by atoms with Gasteiger partial charge in [-0.15, -0.1) is 12.4 Å². The number of hydrogen-bond acceptors (Lipinski definition) is 3. The largest absolute Gasteiger partial charge is 0.493 e. The monoisotopic (exact) mass is 400 g/mol. The number of hydrogen-bond donors (Lipinski definition) is 2. The second kappa shape index (κ2) is 9.35. The van der Waals surface area contributed by atoms with Gasteiger partial charge in [0.25, 0.3) is 0 Å². The summed E-state index contributed by atoms with van der Waals surface area (Å²) in [5, 5.41) is 4.93. The molecule has 0 saturated carbocycles. The molecule has 2 N–H and O–H groups in total. The molecular formula is C23H29ClN2O2. The van der Waals surface area contributed by atoms with Gasteiger partial charge in [-0.3, -0.25) is 0 Å². The Bertz CT molecular complexity index is 936. The fourth-order valence-corrected chi connectivity index (χ4v) is 4.04. The molecule has 4 rings (SSSR count). The first-order valence-corrected chi connectivity index (χ1v) is 9.85. The van der Waals surface area contributed by atoms with E-state index in [-0.39, 0.29) is 12.4 Å². The van der Waals surface area contributed by atoms with E-state index in [0.29, 0.717) is 6.61 Å². The molecule has 0 aliphatic carbocycles. The Morgan fingerprint density at radius 1 is 1.04 bits per heavy atom. The van der Waals surface area contributed by atoms with Crippen LogP contribution in [0.2, 0.25) is 0 Å². The van der Waals surface area contributed by atoms with E-state index in [4.69, 9.17) is 9.47 Å². The maximum Gasteiger partial charge on any atom is 0.161 e. The van der Waals surface area contributed by atoms with Crippen molar-refractivity contribution in [2.45, 2.75) is 32.6 Å². The van der Waals surface area contributed by atoms with Crippen molar-refractivity contribution in [2.24, 2.45) is 0 Å². The van der Waals surface area contributed by atoms with Gasteiger partial charge in [0.15, 0.2) is 11.5 Å². The molecular weight excluding hydrogens is 372 g/mol. The van der Waals surface area contributed by atoms with E-state index in [1.54, 1.807) is 7.11 Å². The zero-order valence-corrected chi connectivity index (χ0v) is 17.5. The van der Waals surface area contributed by atoms with Crippen LogP contribution in [0.25, 0.3) is 10.9 Å². The molecule has 0 atom stereocenters. The van der Waals surface area contributed by atoms with E-state index in [1.165, 1.54) is 33.3 Å². The lowest BCUT2D eigenvalue weighted by Crippen LogP contribution is -2.16. The molecule has 3 aromatic rings. The van der Waals surface area contributed by atoms with Crippen molar-refractivity contribution in [3.63, 3.8) is 0 Å². The van der Waals surface area contributed by atoms with Crippen molar-refractivity contribution in [1.82, 2.24) is 10.3 Å². The molecule has 1 aromatic heterocycles. The number of benzene rings is 2. The van der Waals surface area contributed by atoms with Crippen molar-refractivity contribution < 1.29 is 9.47 Å². The third-order valence-corrected chi connectivity index (χ3v) is 5.37. The SMILES string of the molecule is COc1cc(C)ccc1OCCCc1cccc2[nH]c3c(c12)CCNCC3.Cl. The van der Waals surface area contributed by atoms with Crippen molar-refractivity contribution in [3.8, 4) is 11.5 Å². The number of nitrogens with one attached hydrogen (secondary N) is 2. The van der Waals surface area contributed by atoms with Crippen LogP contribution in [0.1, 0.15) is 28.8 Å². The molecule has 28 heavy (non-hydrogen) atoms. The highest BCUT2D eigenvalue weighted by molar-refractivity contribution is 5.88. The molecule has 2 aromatic carbocycles. The van der Waals surface area contributed by atoms with E-state index in [2.05, 4.69) is 41.5 Å². The van der Waals surface area contributed by atoms with Crippen molar-refractivity contribution in [3.05, 3.63) is 58.8 Å². The molecule has 4 nitrogen and oxygen atoms in total. The van der Waals surface area contributed by atoms with Crippen molar-refractivity contribution in [1.29, 1.82) is 0 Å². The summed E-state index contributed by atoms with van der Waals surface area (Å²) in [4.78, 5) is 3.65. The highest BCUT2D eigenvalue weighted by Crippen LogP contribution is 2.30. The van der Waals surface area contributed by atoms with Crippen LogP contribution in [-0.2, 0) is 19.3 Å². The normalized spacial score (nSPS) is 13.5. The van der Waals surface area contributed by atoms with E-state index in [9.17, 15) is 0 Å². The molecule has 5 heteroatoms. The number of halogens is 1. The van der Waals surface area contributed by atoms with Gasteiger partial charge in [0.2, 0.25) is 0 Å². The third kappa shape index (κ3) is 4.29. The molecule has 1 aliphatic rings. The quantitative estimate of drug-likeness (QED) is 0.594. The van der Waals surface area contributed by atoms with Crippen LogP contribution in [0.15, 0.2) is 36.4 Å². The van der Waals surface area contributed by atoms with Crippen LogP contribution < -0.4 is 14.8 Å². The van der Waals surface area contributed by atoms with Gasteiger partial charge in [-0.2, -0.15) is 0 Å². The molecule has 150 valence electrons. The maximum atomic E-state index is 5.99. The maximum absolute atomic E-state index is 5.99. The number of ether oxygens (including phenoxy) is 2. The predicted molar refractivity (Wildman–Crippen MR) is 117 cm³/mol. The molecule has 0 unspecified atom stereocenters. The van der Waals surface area contributed by atoms with E-state index in [0.717, 1.165) is 50.3 Å². The Hall–Kier alpha value is -2.17. The summed E-state index contributed by atoms with van der Waals surface area (Å²) in [7, 11) is 1.69. The Labute approximate surface area is 173 Å². The van der Waals surface area contributed by atoms with Crippen LogP contribution in [-0.4, -0.2) is 31.8 Å². The number of rotatable bonds is 6. The van der Waals surface area contributed by atoms with E-state index < -0.39 is 0 Å².